The molecule has 1 saturated heterocycles. The first-order valence-corrected chi connectivity index (χ1v) is 7.45. The van der Waals surface area contributed by atoms with Crippen molar-refractivity contribution in [2.75, 3.05) is 18.0 Å². The molecule has 106 valence electrons. The topological polar surface area (TPSA) is 15.3 Å². The van der Waals surface area contributed by atoms with E-state index in [0.29, 0.717) is 22.8 Å². The van der Waals surface area contributed by atoms with Crippen molar-refractivity contribution in [1.82, 2.24) is 5.32 Å². The van der Waals surface area contributed by atoms with Crippen molar-refractivity contribution in [1.29, 1.82) is 0 Å². The second-order valence-corrected chi connectivity index (χ2v) is 5.70. The lowest BCUT2D eigenvalue weighted by atomic mass is 9.97. The Kier molecular flexibility index (Phi) is 5.06. The van der Waals surface area contributed by atoms with Crippen LogP contribution in [-0.2, 0) is 0 Å². The molecule has 0 radical (unpaired) electrons. The molecule has 2 unspecified atom stereocenters. The Labute approximate surface area is 119 Å². The van der Waals surface area contributed by atoms with Crippen LogP contribution in [0.15, 0.2) is 18.2 Å². The first kappa shape index (κ1) is 14.6. The molecular weight excluding hydrogens is 263 g/mol. The number of hydrogen-bond donors (Lipinski definition) is 1. The minimum Gasteiger partial charge on any atom is -0.365 e. The maximum absolute atomic E-state index is 14.0. The summed E-state index contributed by atoms with van der Waals surface area (Å²) in [5, 5.41) is 4.06. The van der Waals surface area contributed by atoms with Gasteiger partial charge in [0.05, 0.1) is 10.7 Å². The van der Waals surface area contributed by atoms with Crippen LogP contribution in [-0.4, -0.2) is 25.2 Å². The van der Waals surface area contributed by atoms with Crippen LogP contribution in [0, 0.1) is 5.82 Å². The lowest BCUT2D eigenvalue weighted by Crippen LogP contribution is -2.48. The molecule has 2 rings (SSSR count). The van der Waals surface area contributed by atoms with Gasteiger partial charge in [-0.3, -0.25) is 0 Å². The monoisotopic (exact) mass is 284 g/mol. The summed E-state index contributed by atoms with van der Waals surface area (Å²) in [5.74, 6) is -0.223. The Hall–Kier alpha value is -0.800. The number of nitrogens with zero attached hydrogens (tertiary/aromatic N) is 1. The molecule has 1 aromatic rings. The van der Waals surface area contributed by atoms with Crippen LogP contribution in [0.3, 0.4) is 0 Å². The van der Waals surface area contributed by atoms with Gasteiger partial charge < -0.3 is 10.2 Å². The Morgan fingerprint density at radius 2 is 2.26 bits per heavy atom. The highest BCUT2D eigenvalue weighted by Crippen LogP contribution is 2.33. The van der Waals surface area contributed by atoms with Crippen LogP contribution < -0.4 is 10.2 Å². The van der Waals surface area contributed by atoms with Crippen LogP contribution in [0.4, 0.5) is 10.1 Å². The molecule has 1 fully saturated rings. The number of hydrogen-bond acceptors (Lipinski definition) is 2. The van der Waals surface area contributed by atoms with Crippen LogP contribution in [0.5, 0.6) is 0 Å². The van der Waals surface area contributed by atoms with Gasteiger partial charge in [-0.2, -0.15) is 0 Å². The number of piperidine rings is 1. The summed E-state index contributed by atoms with van der Waals surface area (Å²) in [5.41, 5.74) is 0.561. The van der Waals surface area contributed by atoms with E-state index in [1.165, 1.54) is 6.07 Å². The quantitative estimate of drug-likeness (QED) is 0.904. The Morgan fingerprint density at radius 3 is 2.89 bits per heavy atom. The van der Waals surface area contributed by atoms with Gasteiger partial charge in [0.1, 0.15) is 5.82 Å². The van der Waals surface area contributed by atoms with Crippen molar-refractivity contribution in [3.8, 4) is 0 Å². The van der Waals surface area contributed by atoms with E-state index in [-0.39, 0.29) is 5.82 Å². The number of nitrogens with one attached hydrogen (secondary N) is 1. The predicted octanol–water partition coefficient (Wildman–Crippen LogP) is 3.84. The maximum atomic E-state index is 14.0. The predicted molar refractivity (Wildman–Crippen MR) is 79.5 cm³/mol. The minimum atomic E-state index is -0.223. The first-order chi connectivity index (χ1) is 9.13. The smallest absolute Gasteiger partial charge is 0.148 e. The third kappa shape index (κ3) is 3.40. The molecular formula is C15H22ClFN2. The van der Waals surface area contributed by atoms with Gasteiger partial charge >= 0.3 is 0 Å². The molecule has 0 aliphatic carbocycles. The van der Waals surface area contributed by atoms with Crippen molar-refractivity contribution in [3.63, 3.8) is 0 Å². The van der Waals surface area contributed by atoms with Crippen LogP contribution in [0.2, 0.25) is 5.02 Å². The van der Waals surface area contributed by atoms with E-state index in [2.05, 4.69) is 24.1 Å². The molecule has 4 heteroatoms. The highest BCUT2D eigenvalue weighted by Gasteiger charge is 2.27. The molecule has 19 heavy (non-hydrogen) atoms. The van der Waals surface area contributed by atoms with Gasteiger partial charge in [-0.05, 0) is 44.9 Å². The van der Waals surface area contributed by atoms with Gasteiger partial charge in [0.2, 0.25) is 0 Å². The Morgan fingerprint density at radius 1 is 1.47 bits per heavy atom. The van der Waals surface area contributed by atoms with Gasteiger partial charge in [0, 0.05) is 18.6 Å². The lowest BCUT2D eigenvalue weighted by Gasteiger charge is -2.40. The zero-order chi connectivity index (χ0) is 13.8. The van der Waals surface area contributed by atoms with Crippen LogP contribution in [0.25, 0.3) is 0 Å². The van der Waals surface area contributed by atoms with Crippen molar-refractivity contribution in [3.05, 3.63) is 29.0 Å². The number of anilines is 1. The molecule has 0 aromatic heterocycles. The fourth-order valence-corrected chi connectivity index (χ4v) is 3.07. The fourth-order valence-electron chi connectivity index (χ4n) is 2.80. The molecule has 2 nitrogen and oxygen atoms in total. The first-order valence-electron chi connectivity index (χ1n) is 7.07. The summed E-state index contributed by atoms with van der Waals surface area (Å²) in [4.78, 5) is 2.10. The summed E-state index contributed by atoms with van der Waals surface area (Å²) in [6.07, 6.45) is 3.22. The van der Waals surface area contributed by atoms with Gasteiger partial charge in [-0.1, -0.05) is 24.6 Å². The molecule has 1 aliphatic heterocycles. The molecule has 0 bridgehead atoms. The van der Waals surface area contributed by atoms with E-state index in [4.69, 9.17) is 11.6 Å². The van der Waals surface area contributed by atoms with E-state index in [1.807, 2.05) is 0 Å². The molecule has 0 spiro atoms. The third-order valence-electron chi connectivity index (χ3n) is 3.78. The molecule has 1 aliphatic rings. The largest absolute Gasteiger partial charge is 0.365 e. The SMILES string of the molecule is CCCNC1CCN(c2c(F)cccc2Cl)C(C)C1. The van der Waals surface area contributed by atoms with Crippen molar-refractivity contribution in [2.24, 2.45) is 0 Å². The van der Waals surface area contributed by atoms with Crippen molar-refractivity contribution < 1.29 is 4.39 Å². The van der Waals surface area contributed by atoms with Crippen molar-refractivity contribution in [2.45, 2.75) is 45.2 Å². The Bertz CT molecular complexity index is 404. The molecule has 0 saturated carbocycles. The third-order valence-corrected chi connectivity index (χ3v) is 4.09. The summed E-state index contributed by atoms with van der Waals surface area (Å²) >= 11 is 6.15. The van der Waals surface area contributed by atoms with Gasteiger partial charge in [0.25, 0.3) is 0 Å². The molecule has 1 aromatic carbocycles. The zero-order valence-corrected chi connectivity index (χ0v) is 12.4. The summed E-state index contributed by atoms with van der Waals surface area (Å²) in [7, 11) is 0. The Balaban J connectivity index is 2.07. The van der Waals surface area contributed by atoms with E-state index in [1.54, 1.807) is 12.1 Å². The maximum Gasteiger partial charge on any atom is 0.148 e. The van der Waals surface area contributed by atoms with E-state index < -0.39 is 0 Å². The van der Waals surface area contributed by atoms with Crippen molar-refractivity contribution >= 4 is 17.3 Å². The fraction of sp³-hybridized carbons (Fsp3) is 0.600. The van der Waals surface area contributed by atoms with E-state index in [0.717, 1.165) is 32.4 Å². The summed E-state index contributed by atoms with van der Waals surface area (Å²) < 4.78 is 14.0. The standard InChI is InChI=1S/C15H22ClFN2/c1-3-8-18-12-7-9-19(11(2)10-12)15-13(16)5-4-6-14(15)17/h4-6,11-12,18H,3,7-10H2,1-2H3. The molecule has 1 heterocycles. The number of halogens is 2. The summed E-state index contributed by atoms with van der Waals surface area (Å²) in [6, 6.07) is 5.74. The average Bonchev–Trinajstić information content (AvgIpc) is 2.38. The molecule has 2 atom stereocenters. The molecule has 0 amide bonds. The second-order valence-electron chi connectivity index (χ2n) is 5.29. The van der Waals surface area contributed by atoms with Crippen LogP contribution >= 0.6 is 11.6 Å². The number of para-hydroxylation sites is 1. The number of rotatable bonds is 4. The highest BCUT2D eigenvalue weighted by atomic mass is 35.5. The molecule has 1 N–H and O–H groups in total. The zero-order valence-electron chi connectivity index (χ0n) is 11.6. The average molecular weight is 285 g/mol. The van der Waals surface area contributed by atoms with Crippen LogP contribution in [0.1, 0.15) is 33.1 Å². The lowest BCUT2D eigenvalue weighted by molar-refractivity contribution is 0.366. The second kappa shape index (κ2) is 6.58. The van der Waals surface area contributed by atoms with E-state index >= 15 is 0 Å². The number of benzene rings is 1. The van der Waals surface area contributed by atoms with Gasteiger partial charge in [0.15, 0.2) is 0 Å². The van der Waals surface area contributed by atoms with Gasteiger partial charge in [-0.15, -0.1) is 0 Å². The van der Waals surface area contributed by atoms with E-state index in [9.17, 15) is 4.39 Å². The normalized spacial score (nSPS) is 23.7. The summed E-state index contributed by atoms with van der Waals surface area (Å²) in [6.45, 7) is 6.22. The highest BCUT2D eigenvalue weighted by molar-refractivity contribution is 6.33. The van der Waals surface area contributed by atoms with Gasteiger partial charge in [-0.25, -0.2) is 4.39 Å². The minimum absolute atomic E-state index is 0.223.